The average molecular weight is 1140 g/mol. The fourth-order valence-corrected chi connectivity index (χ4v) is 12.0. The molecular formula is C53H82N8O19. The number of nitrogens with one attached hydrogen (secondary N) is 1. The van der Waals surface area contributed by atoms with Gasteiger partial charge >= 0.3 is 23.9 Å². The summed E-state index contributed by atoms with van der Waals surface area (Å²) < 4.78 is 30.3. The first-order chi connectivity index (χ1) is 37.2. The van der Waals surface area contributed by atoms with E-state index in [-0.39, 0.29) is 80.1 Å². The van der Waals surface area contributed by atoms with Crippen molar-refractivity contribution in [1.29, 1.82) is 0 Å². The van der Waals surface area contributed by atoms with Crippen LogP contribution in [0.5, 0.6) is 0 Å². The monoisotopic (exact) mass is 1130 g/mol. The van der Waals surface area contributed by atoms with Gasteiger partial charge in [0.1, 0.15) is 36.4 Å². The van der Waals surface area contributed by atoms with Crippen molar-refractivity contribution in [2.75, 3.05) is 26.2 Å². The van der Waals surface area contributed by atoms with Crippen LogP contribution in [0.25, 0.3) is 0 Å². The third-order valence-electron chi connectivity index (χ3n) is 15.6. The van der Waals surface area contributed by atoms with Crippen molar-refractivity contribution in [1.82, 2.24) is 40.4 Å². The number of rotatable bonds is 11. The third-order valence-corrected chi connectivity index (χ3v) is 15.6. The maximum absolute atomic E-state index is 15.9. The summed E-state index contributed by atoms with van der Waals surface area (Å²) in [6.45, 7) is 17.3. The van der Waals surface area contributed by atoms with E-state index in [9.17, 15) is 44.0 Å². The molecule has 0 aromatic rings. The highest BCUT2D eigenvalue weighted by Crippen LogP contribution is 2.46. The molecule has 27 heteroatoms. The minimum absolute atomic E-state index is 0.00976. The molecule has 5 fully saturated rings. The molecule has 8 amide bonds. The summed E-state index contributed by atoms with van der Waals surface area (Å²) in [5, 5.41) is 29.5. The molecule has 0 aliphatic carbocycles. The fourth-order valence-electron chi connectivity index (χ4n) is 12.0. The molecule has 5 rings (SSSR count). The second-order valence-electron chi connectivity index (χ2n) is 22.9. The molecule has 0 radical (unpaired) electrons. The second-order valence-corrected chi connectivity index (χ2v) is 22.9. The number of hydroxylamine groups is 4. The topological polar surface area (TPSA) is 326 Å². The molecule has 11 atom stereocenters. The van der Waals surface area contributed by atoms with Gasteiger partial charge in [-0.05, 0) is 82.5 Å². The number of hydrazine groups is 2. The highest BCUT2D eigenvalue weighted by molar-refractivity contribution is 5.99. The van der Waals surface area contributed by atoms with Gasteiger partial charge in [0.25, 0.3) is 40.9 Å². The lowest BCUT2D eigenvalue weighted by atomic mass is 9.78. The van der Waals surface area contributed by atoms with Crippen LogP contribution in [0, 0.1) is 23.7 Å². The van der Waals surface area contributed by atoms with Crippen molar-refractivity contribution < 1.29 is 91.6 Å². The molecule has 5 heterocycles. The first-order valence-electron chi connectivity index (χ1n) is 27.5. The number of esters is 4. The van der Waals surface area contributed by atoms with E-state index in [1.165, 1.54) is 34.6 Å². The predicted octanol–water partition coefficient (Wildman–Crippen LogP) is 1.78. The standard InChI is InChI=1S/C53H82N8O19/c1-15-39-36(26-28(2)3)20-21-53(80-39,79-35(12)66)52(14,78-34(11)65)50(73)54-41-43(30(6)7)76-49(72)42(29(4)5)61(75)48(71)44-51(13,77-33(10)64)22-25-55(44)45(68)37-18-16-23-56(31(8)62)59(37)40(67)27-58(74)46(69)38-19-17-24-57(32(9)63)60(38)47(41)70/h28-30,36-39,41-44,74-75H,15-27H2,1-14H3,(H,54,73). The molecule has 0 aromatic heterocycles. The maximum Gasteiger partial charge on any atom is 0.332 e. The Labute approximate surface area is 465 Å². The average Bonchev–Trinajstić information content (AvgIpc) is 3.75. The Hall–Kier alpha value is -6.48. The van der Waals surface area contributed by atoms with E-state index in [1.54, 1.807) is 0 Å². The summed E-state index contributed by atoms with van der Waals surface area (Å²) >= 11 is 0. The lowest BCUT2D eigenvalue weighted by Gasteiger charge is -2.51. The lowest BCUT2D eigenvalue weighted by molar-refractivity contribution is -0.334. The molecule has 5 aliphatic rings. The highest BCUT2D eigenvalue weighted by Gasteiger charge is 2.65. The SMILES string of the molecule is CCC1OC(OC(C)=O)(C(C)(OC(C)=O)C(=O)NC2C(=O)N3C(CCCN3C(C)=O)C(=O)N(O)CC(=O)N3C(CCCN3C(C)=O)C(=O)N3CCC(C)(OC(C)=O)C3C(=O)N(O)C(C(C)C)C(=O)OC2C(C)C)CCC1CC(C)C. The minimum Gasteiger partial charge on any atom is -0.458 e. The predicted molar refractivity (Wildman–Crippen MR) is 274 cm³/mol. The van der Waals surface area contributed by atoms with Crippen molar-refractivity contribution in [2.24, 2.45) is 23.7 Å². The summed E-state index contributed by atoms with van der Waals surface area (Å²) in [6.07, 6.45) is -2.02. The quantitative estimate of drug-likeness (QED) is 0.151. The van der Waals surface area contributed by atoms with Gasteiger partial charge in [-0.15, -0.1) is 0 Å². The first-order valence-corrected chi connectivity index (χ1v) is 27.5. The molecule has 0 spiro atoms. The van der Waals surface area contributed by atoms with Gasteiger partial charge in [0.2, 0.25) is 17.7 Å². The van der Waals surface area contributed by atoms with Crippen LogP contribution in [0.4, 0.5) is 0 Å². The number of nitrogens with zero attached hydrogens (tertiary/aromatic N) is 7. The summed E-state index contributed by atoms with van der Waals surface area (Å²) in [5.41, 5.74) is -4.59. The fraction of sp³-hybridized carbons (Fsp3) is 0.774. The Bertz CT molecular complexity index is 2440. The van der Waals surface area contributed by atoms with Gasteiger partial charge in [-0.25, -0.2) is 24.9 Å². The number of hydrogen-bond acceptors (Lipinski definition) is 19. The van der Waals surface area contributed by atoms with Crippen LogP contribution in [0.1, 0.15) is 155 Å². The zero-order chi connectivity index (χ0) is 60.3. The molecule has 0 bridgehead atoms. The van der Waals surface area contributed by atoms with Crippen LogP contribution in [-0.2, 0) is 81.2 Å². The van der Waals surface area contributed by atoms with E-state index in [4.69, 9.17) is 23.7 Å². The van der Waals surface area contributed by atoms with E-state index in [0.29, 0.717) is 24.3 Å². The summed E-state index contributed by atoms with van der Waals surface area (Å²) in [5.74, 6) is -18.0. The largest absolute Gasteiger partial charge is 0.458 e. The molecule has 0 saturated carbocycles. The first kappa shape index (κ1) is 64.3. The summed E-state index contributed by atoms with van der Waals surface area (Å²) in [4.78, 5) is 173. The van der Waals surface area contributed by atoms with Crippen LogP contribution in [0.15, 0.2) is 0 Å². The number of carbonyl (C=O) groups is 12. The van der Waals surface area contributed by atoms with E-state index in [2.05, 4.69) is 5.32 Å². The van der Waals surface area contributed by atoms with Gasteiger partial charge in [0, 0.05) is 67.1 Å². The molecule has 11 unspecified atom stereocenters. The number of hydrogen-bond donors (Lipinski definition) is 3. The molecule has 27 nitrogen and oxygen atoms in total. The van der Waals surface area contributed by atoms with E-state index in [1.807, 2.05) is 20.8 Å². The Balaban J connectivity index is 1.79. The number of amides is 8. The van der Waals surface area contributed by atoms with Gasteiger partial charge in [0.15, 0.2) is 12.1 Å². The zero-order valence-corrected chi connectivity index (χ0v) is 48.5. The van der Waals surface area contributed by atoms with Crippen LogP contribution in [0.2, 0.25) is 0 Å². The number of carbonyl (C=O) groups excluding carboxylic acids is 12. The zero-order valence-electron chi connectivity index (χ0n) is 48.5. The van der Waals surface area contributed by atoms with E-state index >= 15 is 24.0 Å². The third kappa shape index (κ3) is 13.1. The van der Waals surface area contributed by atoms with Gasteiger partial charge in [-0.1, -0.05) is 48.5 Å². The molecule has 5 aliphatic heterocycles. The van der Waals surface area contributed by atoms with Gasteiger partial charge < -0.3 is 33.9 Å². The Kier molecular flexibility index (Phi) is 20.5. The van der Waals surface area contributed by atoms with Crippen LogP contribution in [0.3, 0.4) is 0 Å². The van der Waals surface area contributed by atoms with Crippen molar-refractivity contribution in [3.8, 4) is 0 Å². The molecule has 0 aromatic carbocycles. The Morgan fingerprint density at radius 2 is 1.29 bits per heavy atom. The van der Waals surface area contributed by atoms with E-state index in [0.717, 1.165) is 61.5 Å². The number of fused-ring (bicyclic) bond motifs is 3. The van der Waals surface area contributed by atoms with Gasteiger partial charge in [-0.2, -0.15) is 0 Å². The smallest absolute Gasteiger partial charge is 0.332 e. The lowest BCUT2D eigenvalue weighted by Crippen LogP contribution is -2.72. The van der Waals surface area contributed by atoms with Crippen LogP contribution < -0.4 is 5.32 Å². The summed E-state index contributed by atoms with van der Waals surface area (Å²) in [6, 6.07) is -9.67. The maximum atomic E-state index is 15.9. The highest BCUT2D eigenvalue weighted by atomic mass is 16.7. The van der Waals surface area contributed by atoms with Crippen molar-refractivity contribution >= 4 is 71.1 Å². The van der Waals surface area contributed by atoms with Crippen molar-refractivity contribution in [3.05, 3.63) is 0 Å². The molecular weight excluding hydrogens is 1050 g/mol. The van der Waals surface area contributed by atoms with Crippen molar-refractivity contribution in [2.45, 2.75) is 214 Å². The summed E-state index contributed by atoms with van der Waals surface area (Å²) in [7, 11) is 0. The van der Waals surface area contributed by atoms with Gasteiger partial charge in [-0.3, -0.25) is 73.2 Å². The van der Waals surface area contributed by atoms with Gasteiger partial charge in [0.05, 0.1) is 6.10 Å². The Morgan fingerprint density at radius 1 is 0.725 bits per heavy atom. The van der Waals surface area contributed by atoms with E-state index < -0.39 is 149 Å². The number of cyclic esters (lactones) is 1. The minimum atomic E-state index is -2.69. The molecule has 448 valence electrons. The Morgan fingerprint density at radius 3 is 1.79 bits per heavy atom. The normalized spacial score (nSPS) is 30.4. The molecule has 3 N–H and O–H groups in total. The van der Waals surface area contributed by atoms with Crippen LogP contribution >= 0.6 is 0 Å². The number of ether oxygens (including phenoxy) is 5. The molecule has 80 heavy (non-hydrogen) atoms. The van der Waals surface area contributed by atoms with Crippen LogP contribution in [-0.4, -0.2) is 202 Å². The molecule has 5 saturated heterocycles. The van der Waals surface area contributed by atoms with Crippen molar-refractivity contribution in [3.63, 3.8) is 0 Å². The second kappa shape index (κ2) is 25.5.